The van der Waals surface area contributed by atoms with Crippen LogP contribution in [0, 0.1) is 17.3 Å². The van der Waals surface area contributed by atoms with Crippen LogP contribution in [-0.2, 0) is 6.42 Å². The van der Waals surface area contributed by atoms with Gasteiger partial charge in [0.2, 0.25) is 0 Å². The number of hydrogen-bond donors (Lipinski definition) is 0. The van der Waals surface area contributed by atoms with Gasteiger partial charge in [-0.15, -0.1) is 11.3 Å². The molecule has 1 nitrogen and oxygen atoms in total. The third-order valence-electron chi connectivity index (χ3n) is 3.10. The SMILES string of the molecule is C=C(C(C)C)C(Cc1nccs1)C(C)(C)C. The molecular formula is C14H23NS. The molecule has 1 aromatic rings. The fraction of sp³-hybridized carbons (Fsp3) is 0.643. The average molecular weight is 237 g/mol. The second-order valence-corrected chi connectivity index (χ2v) is 6.76. The Morgan fingerprint density at radius 1 is 1.44 bits per heavy atom. The Balaban J connectivity index is 2.85. The van der Waals surface area contributed by atoms with Crippen LogP contribution in [0.2, 0.25) is 0 Å². The minimum absolute atomic E-state index is 0.257. The summed E-state index contributed by atoms with van der Waals surface area (Å²) in [6, 6.07) is 0. The molecule has 0 aliphatic heterocycles. The van der Waals surface area contributed by atoms with Crippen molar-refractivity contribution in [2.75, 3.05) is 0 Å². The fourth-order valence-electron chi connectivity index (χ4n) is 1.92. The van der Waals surface area contributed by atoms with Crippen molar-refractivity contribution in [3.8, 4) is 0 Å². The number of allylic oxidation sites excluding steroid dienone is 1. The summed E-state index contributed by atoms with van der Waals surface area (Å²) in [5.74, 6) is 1.06. The Morgan fingerprint density at radius 2 is 2.06 bits per heavy atom. The van der Waals surface area contributed by atoms with Crippen LogP contribution >= 0.6 is 11.3 Å². The first kappa shape index (κ1) is 13.4. The van der Waals surface area contributed by atoms with Gasteiger partial charge in [0.05, 0.1) is 5.01 Å². The summed E-state index contributed by atoms with van der Waals surface area (Å²) in [5, 5.41) is 3.27. The molecule has 0 aromatic carbocycles. The summed E-state index contributed by atoms with van der Waals surface area (Å²) < 4.78 is 0. The highest BCUT2D eigenvalue weighted by Gasteiger charge is 2.29. The van der Waals surface area contributed by atoms with Crippen molar-refractivity contribution in [3.63, 3.8) is 0 Å². The van der Waals surface area contributed by atoms with Gasteiger partial charge in [-0.25, -0.2) is 4.98 Å². The van der Waals surface area contributed by atoms with Crippen molar-refractivity contribution < 1.29 is 0 Å². The van der Waals surface area contributed by atoms with Crippen molar-refractivity contribution in [1.29, 1.82) is 0 Å². The van der Waals surface area contributed by atoms with Crippen molar-refractivity contribution in [2.24, 2.45) is 17.3 Å². The summed E-state index contributed by atoms with van der Waals surface area (Å²) in [6.07, 6.45) is 2.91. The largest absolute Gasteiger partial charge is 0.250 e. The van der Waals surface area contributed by atoms with E-state index in [0.29, 0.717) is 11.8 Å². The first-order valence-corrected chi connectivity index (χ1v) is 6.77. The highest BCUT2D eigenvalue weighted by atomic mass is 32.1. The van der Waals surface area contributed by atoms with Gasteiger partial charge in [-0.2, -0.15) is 0 Å². The molecule has 0 N–H and O–H groups in total. The van der Waals surface area contributed by atoms with E-state index < -0.39 is 0 Å². The second kappa shape index (κ2) is 5.13. The second-order valence-electron chi connectivity index (χ2n) is 5.78. The average Bonchev–Trinajstić information content (AvgIpc) is 2.63. The molecule has 0 amide bonds. The zero-order valence-electron chi connectivity index (χ0n) is 11.1. The first-order valence-electron chi connectivity index (χ1n) is 5.89. The third-order valence-corrected chi connectivity index (χ3v) is 3.90. The molecule has 1 atom stereocenters. The van der Waals surface area contributed by atoms with E-state index in [1.165, 1.54) is 10.6 Å². The minimum atomic E-state index is 0.257. The Labute approximate surface area is 104 Å². The smallest absolute Gasteiger partial charge is 0.0930 e. The Hall–Kier alpha value is -0.630. The van der Waals surface area contributed by atoms with E-state index in [9.17, 15) is 0 Å². The summed E-state index contributed by atoms with van der Waals surface area (Å²) in [5.41, 5.74) is 1.61. The summed E-state index contributed by atoms with van der Waals surface area (Å²) in [7, 11) is 0. The maximum absolute atomic E-state index is 4.39. The van der Waals surface area contributed by atoms with Gasteiger partial charge in [0.25, 0.3) is 0 Å². The highest BCUT2D eigenvalue weighted by molar-refractivity contribution is 7.09. The molecule has 0 spiro atoms. The van der Waals surface area contributed by atoms with Crippen LogP contribution in [-0.4, -0.2) is 4.98 Å². The number of rotatable bonds is 4. The summed E-state index contributed by atoms with van der Waals surface area (Å²) in [4.78, 5) is 4.39. The maximum atomic E-state index is 4.39. The number of nitrogens with zero attached hydrogens (tertiary/aromatic N) is 1. The molecule has 0 fully saturated rings. The van der Waals surface area contributed by atoms with Crippen LogP contribution in [0.4, 0.5) is 0 Å². The van der Waals surface area contributed by atoms with E-state index in [-0.39, 0.29) is 5.41 Å². The van der Waals surface area contributed by atoms with Crippen LogP contribution < -0.4 is 0 Å². The van der Waals surface area contributed by atoms with Crippen LogP contribution in [0.3, 0.4) is 0 Å². The molecule has 0 radical (unpaired) electrons. The molecule has 2 heteroatoms. The van der Waals surface area contributed by atoms with E-state index in [4.69, 9.17) is 0 Å². The van der Waals surface area contributed by atoms with E-state index in [1.807, 2.05) is 11.6 Å². The van der Waals surface area contributed by atoms with Gasteiger partial charge in [-0.3, -0.25) is 0 Å². The lowest BCUT2D eigenvalue weighted by atomic mass is 9.72. The van der Waals surface area contributed by atoms with E-state index >= 15 is 0 Å². The van der Waals surface area contributed by atoms with Gasteiger partial charge in [-0.05, 0) is 17.3 Å². The summed E-state index contributed by atoms with van der Waals surface area (Å²) in [6.45, 7) is 15.6. The zero-order chi connectivity index (χ0) is 12.3. The van der Waals surface area contributed by atoms with Gasteiger partial charge < -0.3 is 0 Å². The van der Waals surface area contributed by atoms with Crippen molar-refractivity contribution in [3.05, 3.63) is 28.7 Å². The molecule has 90 valence electrons. The molecule has 1 unspecified atom stereocenters. The predicted molar refractivity (Wildman–Crippen MR) is 72.7 cm³/mol. The monoisotopic (exact) mass is 237 g/mol. The molecule has 0 aliphatic rings. The third kappa shape index (κ3) is 3.44. The number of thiazole rings is 1. The van der Waals surface area contributed by atoms with E-state index in [0.717, 1.165) is 6.42 Å². The normalized spacial score (nSPS) is 14.1. The Kier molecular flexibility index (Phi) is 4.31. The maximum Gasteiger partial charge on any atom is 0.0930 e. The number of aromatic nitrogens is 1. The molecule has 16 heavy (non-hydrogen) atoms. The standard InChI is InChI=1S/C14H23NS/c1-10(2)11(3)12(14(4,5)6)9-13-15-7-8-16-13/h7-8,10,12H,3,9H2,1-2,4-6H3. The molecular weight excluding hydrogens is 214 g/mol. The molecule has 0 aliphatic carbocycles. The molecule has 0 bridgehead atoms. The lowest BCUT2D eigenvalue weighted by Gasteiger charge is -2.33. The van der Waals surface area contributed by atoms with Crippen molar-refractivity contribution >= 4 is 11.3 Å². The van der Waals surface area contributed by atoms with Crippen molar-refractivity contribution in [1.82, 2.24) is 4.98 Å². The van der Waals surface area contributed by atoms with Gasteiger partial charge in [0, 0.05) is 18.0 Å². The lowest BCUT2D eigenvalue weighted by molar-refractivity contribution is 0.264. The van der Waals surface area contributed by atoms with Crippen LogP contribution in [0.25, 0.3) is 0 Å². The van der Waals surface area contributed by atoms with Gasteiger partial charge in [0.1, 0.15) is 0 Å². The Morgan fingerprint density at radius 3 is 2.44 bits per heavy atom. The quantitative estimate of drug-likeness (QED) is 0.700. The van der Waals surface area contributed by atoms with Crippen LogP contribution in [0.5, 0.6) is 0 Å². The first-order chi connectivity index (χ1) is 7.32. The molecule has 1 heterocycles. The Bertz CT molecular complexity index is 330. The highest BCUT2D eigenvalue weighted by Crippen LogP contribution is 2.37. The molecule has 1 rings (SSSR count). The lowest BCUT2D eigenvalue weighted by Crippen LogP contribution is -2.26. The zero-order valence-corrected chi connectivity index (χ0v) is 11.9. The van der Waals surface area contributed by atoms with Gasteiger partial charge in [0.15, 0.2) is 0 Å². The van der Waals surface area contributed by atoms with Crippen LogP contribution in [0.1, 0.15) is 39.6 Å². The topological polar surface area (TPSA) is 12.9 Å². The fourth-order valence-corrected chi connectivity index (χ4v) is 2.59. The molecule has 1 aromatic heterocycles. The molecule has 0 saturated heterocycles. The summed E-state index contributed by atoms with van der Waals surface area (Å²) >= 11 is 1.74. The van der Waals surface area contributed by atoms with E-state index in [1.54, 1.807) is 11.3 Å². The van der Waals surface area contributed by atoms with Crippen molar-refractivity contribution in [2.45, 2.75) is 41.0 Å². The van der Waals surface area contributed by atoms with E-state index in [2.05, 4.69) is 46.2 Å². The predicted octanol–water partition coefficient (Wildman–Crippen LogP) is 4.56. The number of hydrogen-bond acceptors (Lipinski definition) is 2. The van der Waals surface area contributed by atoms with Gasteiger partial charge in [-0.1, -0.05) is 46.8 Å². The minimum Gasteiger partial charge on any atom is -0.250 e. The van der Waals surface area contributed by atoms with Crippen LogP contribution in [0.15, 0.2) is 23.7 Å². The van der Waals surface area contributed by atoms with Gasteiger partial charge >= 0.3 is 0 Å². The molecule has 0 saturated carbocycles.